The molecule has 0 saturated carbocycles. The standard InChI is InChI=1S/C13H20N2O4S/c1-3-8-14-12(10-20(2,18)19)9-11-4-6-13(7-5-11)15(16)17/h4-7,12,14H,3,8-10H2,1-2H3. The first-order chi connectivity index (χ1) is 9.31. The maximum absolute atomic E-state index is 11.4. The lowest BCUT2D eigenvalue weighted by atomic mass is 10.1. The smallest absolute Gasteiger partial charge is 0.269 e. The highest BCUT2D eigenvalue weighted by molar-refractivity contribution is 7.90. The molecule has 0 heterocycles. The lowest BCUT2D eigenvalue weighted by molar-refractivity contribution is -0.384. The Morgan fingerprint density at radius 3 is 2.35 bits per heavy atom. The van der Waals surface area contributed by atoms with Gasteiger partial charge in [-0.15, -0.1) is 0 Å². The van der Waals surface area contributed by atoms with Gasteiger partial charge in [0.1, 0.15) is 9.84 Å². The van der Waals surface area contributed by atoms with Crippen molar-refractivity contribution in [3.63, 3.8) is 0 Å². The Morgan fingerprint density at radius 1 is 1.30 bits per heavy atom. The quantitative estimate of drug-likeness (QED) is 0.581. The maximum atomic E-state index is 11.4. The lowest BCUT2D eigenvalue weighted by Gasteiger charge is -2.17. The van der Waals surface area contributed by atoms with Gasteiger partial charge in [0.25, 0.3) is 5.69 Å². The van der Waals surface area contributed by atoms with Crippen molar-refractivity contribution < 1.29 is 13.3 Å². The molecule has 0 amide bonds. The summed E-state index contributed by atoms with van der Waals surface area (Å²) >= 11 is 0. The molecule has 0 aliphatic rings. The second-order valence-corrected chi connectivity index (χ2v) is 7.06. The third kappa shape index (κ3) is 6.12. The highest BCUT2D eigenvalue weighted by Gasteiger charge is 2.15. The zero-order valence-electron chi connectivity index (χ0n) is 11.7. The van der Waals surface area contributed by atoms with Gasteiger partial charge in [-0.3, -0.25) is 10.1 Å². The maximum Gasteiger partial charge on any atom is 0.269 e. The van der Waals surface area contributed by atoms with Crippen LogP contribution in [-0.2, 0) is 16.3 Å². The molecule has 1 aromatic carbocycles. The van der Waals surface area contributed by atoms with Crippen molar-refractivity contribution in [1.29, 1.82) is 0 Å². The van der Waals surface area contributed by atoms with E-state index in [9.17, 15) is 18.5 Å². The Balaban J connectivity index is 2.75. The summed E-state index contributed by atoms with van der Waals surface area (Å²) in [5, 5.41) is 13.8. The number of nitrogens with one attached hydrogen (secondary N) is 1. The van der Waals surface area contributed by atoms with Gasteiger partial charge in [0.05, 0.1) is 10.7 Å². The number of nitro groups is 1. The van der Waals surface area contributed by atoms with E-state index in [0.29, 0.717) is 6.42 Å². The molecule has 1 atom stereocenters. The summed E-state index contributed by atoms with van der Waals surface area (Å²) < 4.78 is 22.8. The van der Waals surface area contributed by atoms with Crippen molar-refractivity contribution in [2.75, 3.05) is 18.6 Å². The van der Waals surface area contributed by atoms with E-state index in [1.165, 1.54) is 18.4 Å². The van der Waals surface area contributed by atoms with Crippen molar-refractivity contribution in [3.05, 3.63) is 39.9 Å². The summed E-state index contributed by atoms with van der Waals surface area (Å²) in [4.78, 5) is 10.1. The summed E-state index contributed by atoms with van der Waals surface area (Å²) in [6.45, 7) is 2.75. The van der Waals surface area contributed by atoms with Gasteiger partial charge in [0.2, 0.25) is 0 Å². The number of rotatable bonds is 8. The molecule has 0 saturated heterocycles. The first-order valence-electron chi connectivity index (χ1n) is 6.46. The fourth-order valence-electron chi connectivity index (χ4n) is 1.94. The van der Waals surface area contributed by atoms with Crippen molar-refractivity contribution in [1.82, 2.24) is 5.32 Å². The molecule has 1 rings (SSSR count). The van der Waals surface area contributed by atoms with Crippen LogP contribution in [0, 0.1) is 10.1 Å². The van der Waals surface area contributed by atoms with Gasteiger partial charge in [-0.25, -0.2) is 8.42 Å². The fourth-order valence-corrected chi connectivity index (χ4v) is 2.91. The molecule has 0 bridgehead atoms. The number of hydrogen-bond donors (Lipinski definition) is 1. The van der Waals surface area contributed by atoms with Crippen LogP contribution in [0.5, 0.6) is 0 Å². The minimum atomic E-state index is -3.07. The number of nitrogens with zero attached hydrogens (tertiary/aromatic N) is 1. The predicted molar refractivity (Wildman–Crippen MR) is 78.6 cm³/mol. The van der Waals surface area contributed by atoms with Crippen LogP contribution < -0.4 is 5.32 Å². The molecule has 0 spiro atoms. The van der Waals surface area contributed by atoms with Gasteiger partial charge in [-0.1, -0.05) is 19.1 Å². The molecule has 7 heteroatoms. The Labute approximate surface area is 119 Å². The van der Waals surface area contributed by atoms with Gasteiger partial charge >= 0.3 is 0 Å². The third-order valence-corrected chi connectivity index (χ3v) is 3.82. The van der Waals surface area contributed by atoms with Crippen molar-refractivity contribution in [2.24, 2.45) is 0 Å². The van der Waals surface area contributed by atoms with Gasteiger partial charge in [-0.05, 0) is 24.9 Å². The average Bonchev–Trinajstić information content (AvgIpc) is 2.35. The zero-order chi connectivity index (χ0) is 15.2. The summed E-state index contributed by atoms with van der Waals surface area (Å²) in [5.74, 6) is 0.0595. The largest absolute Gasteiger partial charge is 0.313 e. The van der Waals surface area contributed by atoms with E-state index < -0.39 is 14.8 Å². The van der Waals surface area contributed by atoms with E-state index in [4.69, 9.17) is 0 Å². The van der Waals surface area contributed by atoms with Gasteiger partial charge < -0.3 is 5.32 Å². The average molecular weight is 300 g/mol. The Morgan fingerprint density at radius 2 is 1.90 bits per heavy atom. The van der Waals surface area contributed by atoms with Crippen LogP contribution in [0.1, 0.15) is 18.9 Å². The molecule has 0 fully saturated rings. The van der Waals surface area contributed by atoms with Crippen LogP contribution in [0.4, 0.5) is 5.69 Å². The summed E-state index contributed by atoms with van der Waals surface area (Å²) in [6, 6.07) is 6.04. The summed E-state index contributed by atoms with van der Waals surface area (Å²) in [6.07, 6.45) is 2.66. The van der Waals surface area contributed by atoms with Crippen molar-refractivity contribution in [3.8, 4) is 0 Å². The monoisotopic (exact) mass is 300 g/mol. The molecule has 6 nitrogen and oxygen atoms in total. The molecule has 20 heavy (non-hydrogen) atoms. The molecule has 1 N–H and O–H groups in total. The Hall–Kier alpha value is -1.47. The normalized spacial score (nSPS) is 13.1. The number of sulfone groups is 1. The summed E-state index contributed by atoms with van der Waals surface area (Å²) in [5.41, 5.74) is 0.919. The summed E-state index contributed by atoms with van der Waals surface area (Å²) in [7, 11) is -3.07. The first-order valence-corrected chi connectivity index (χ1v) is 8.52. The SMILES string of the molecule is CCCNC(Cc1ccc([N+](=O)[O-])cc1)CS(C)(=O)=O. The minimum Gasteiger partial charge on any atom is -0.313 e. The van der Waals surface area contributed by atoms with Crippen LogP contribution in [-0.4, -0.2) is 37.9 Å². The molecule has 1 unspecified atom stereocenters. The van der Waals surface area contributed by atoms with Crippen molar-refractivity contribution >= 4 is 15.5 Å². The van der Waals surface area contributed by atoms with Gasteiger partial charge in [-0.2, -0.15) is 0 Å². The molecule has 0 aliphatic carbocycles. The lowest BCUT2D eigenvalue weighted by Crippen LogP contribution is -2.37. The van der Waals surface area contributed by atoms with Crippen LogP contribution >= 0.6 is 0 Å². The molecule has 1 aromatic rings. The van der Waals surface area contributed by atoms with E-state index >= 15 is 0 Å². The second-order valence-electron chi connectivity index (χ2n) is 4.87. The third-order valence-electron chi connectivity index (χ3n) is 2.82. The van der Waals surface area contributed by atoms with Crippen LogP contribution in [0.3, 0.4) is 0 Å². The van der Waals surface area contributed by atoms with Crippen LogP contribution in [0.25, 0.3) is 0 Å². The van der Waals surface area contributed by atoms with E-state index in [1.54, 1.807) is 12.1 Å². The molecular weight excluding hydrogens is 280 g/mol. The van der Waals surface area contributed by atoms with Gasteiger partial charge in [0.15, 0.2) is 0 Å². The number of nitro benzene ring substituents is 1. The number of non-ortho nitro benzene ring substituents is 1. The van der Waals surface area contributed by atoms with E-state index in [0.717, 1.165) is 18.5 Å². The number of hydrogen-bond acceptors (Lipinski definition) is 5. The Bertz CT molecular complexity index is 540. The minimum absolute atomic E-state index is 0.0370. The number of benzene rings is 1. The fraction of sp³-hybridized carbons (Fsp3) is 0.538. The van der Waals surface area contributed by atoms with Crippen molar-refractivity contribution in [2.45, 2.75) is 25.8 Å². The Kier molecular flexibility index (Phi) is 6.09. The molecular formula is C13H20N2O4S. The molecule has 112 valence electrons. The van der Waals surface area contributed by atoms with Crippen LogP contribution in [0.2, 0.25) is 0 Å². The zero-order valence-corrected chi connectivity index (χ0v) is 12.5. The van der Waals surface area contributed by atoms with E-state index in [2.05, 4.69) is 5.32 Å². The predicted octanol–water partition coefficient (Wildman–Crippen LogP) is 1.55. The van der Waals surface area contributed by atoms with E-state index in [-0.39, 0.29) is 17.5 Å². The molecule has 0 aromatic heterocycles. The second kappa shape index (κ2) is 7.35. The highest BCUT2D eigenvalue weighted by atomic mass is 32.2. The van der Waals surface area contributed by atoms with Gasteiger partial charge in [0, 0.05) is 24.4 Å². The first kappa shape index (κ1) is 16.6. The van der Waals surface area contributed by atoms with Crippen LogP contribution in [0.15, 0.2) is 24.3 Å². The molecule has 0 aliphatic heterocycles. The van der Waals surface area contributed by atoms with E-state index in [1.807, 2.05) is 6.92 Å². The topological polar surface area (TPSA) is 89.3 Å². The highest BCUT2D eigenvalue weighted by Crippen LogP contribution is 2.13. The molecule has 0 radical (unpaired) electrons.